The molecule has 15 heteroatoms. The summed E-state index contributed by atoms with van der Waals surface area (Å²) in [7, 11) is -4.02. The van der Waals surface area contributed by atoms with Gasteiger partial charge in [0.05, 0.1) is 17.1 Å². The number of carbonyl (C=O) groups excluding carboxylic acids is 3. The Labute approximate surface area is 256 Å². The molecule has 2 atom stereocenters. The third kappa shape index (κ3) is 8.32. The molecule has 2 saturated heterocycles. The Bertz CT molecular complexity index is 1470. The Kier molecular flexibility index (Phi) is 11.8. The standard InChI is InChI=1S/C27H33N7O7S.C2H6/c28-27(29)32-18-6-4-5-17(13-18)24(36)31-15-22(35)30-14-21(26(38)39)33-25(37)23-16-9-11-19(12-10-16)34(23)42(40,41)20-7-2-1-3-8-20;1-2/h1-8,13,16,19,21,23H,9-12,14-15H2,(H,30,35)(H,31,36)(H,33,37)(H,38,39)(H4,28,29,32);1-2H3. The number of piperidine rings is 2. The third-order valence-corrected chi connectivity index (χ3v) is 9.25. The lowest BCUT2D eigenvalue weighted by atomic mass is 9.76. The first-order valence-corrected chi connectivity index (χ1v) is 15.8. The van der Waals surface area contributed by atoms with Crippen molar-refractivity contribution in [2.75, 3.05) is 13.1 Å². The highest BCUT2D eigenvalue weighted by Gasteiger charge is 2.51. The molecular weight excluding hydrogens is 590 g/mol. The van der Waals surface area contributed by atoms with Gasteiger partial charge in [-0.15, -0.1) is 0 Å². The van der Waals surface area contributed by atoms with Crippen LogP contribution in [0, 0.1) is 5.92 Å². The van der Waals surface area contributed by atoms with E-state index in [1.165, 1.54) is 28.6 Å². The van der Waals surface area contributed by atoms with Crippen molar-refractivity contribution in [1.29, 1.82) is 0 Å². The summed E-state index contributed by atoms with van der Waals surface area (Å²) in [6.07, 6.45) is 2.52. The second-order valence-corrected chi connectivity index (χ2v) is 12.0. The number of aliphatic imine (C=N–C) groups is 1. The minimum absolute atomic E-state index is 0.0578. The molecule has 2 aliphatic heterocycles. The first-order chi connectivity index (χ1) is 21.0. The fourth-order valence-electron chi connectivity index (χ4n) is 5.36. The lowest BCUT2D eigenvalue weighted by molar-refractivity contribution is -0.143. The fourth-order valence-corrected chi connectivity index (χ4v) is 7.27. The SMILES string of the molecule is CC.NC(N)=Nc1cccc(C(=O)NCC(=O)NCC(NC(=O)C2C3CCC(CC3)N2S(=O)(=O)c2ccccc2)C(=O)O)c1. The average Bonchev–Trinajstić information content (AvgIpc) is 3.02. The van der Waals surface area contributed by atoms with Crippen LogP contribution in [0.1, 0.15) is 49.9 Å². The number of carboxylic acids is 1. The summed E-state index contributed by atoms with van der Waals surface area (Å²) in [5.74, 6) is -3.89. The fraction of sp³-hybridized carbons (Fsp3) is 0.414. The summed E-state index contributed by atoms with van der Waals surface area (Å²) < 4.78 is 28.3. The number of nitrogens with two attached hydrogens (primary N) is 2. The molecule has 2 aromatic carbocycles. The summed E-state index contributed by atoms with van der Waals surface area (Å²) in [4.78, 5) is 54.1. The highest BCUT2D eigenvalue weighted by Crippen LogP contribution is 2.42. The zero-order valence-corrected chi connectivity index (χ0v) is 25.4. The van der Waals surface area contributed by atoms with Crippen LogP contribution in [-0.2, 0) is 24.4 Å². The van der Waals surface area contributed by atoms with Crippen LogP contribution in [0.15, 0.2) is 64.5 Å². The molecule has 1 aliphatic carbocycles. The average molecular weight is 630 g/mol. The van der Waals surface area contributed by atoms with Gasteiger partial charge in [-0.25, -0.2) is 18.2 Å². The zero-order valence-electron chi connectivity index (χ0n) is 24.6. The van der Waals surface area contributed by atoms with E-state index in [0.717, 1.165) is 0 Å². The minimum Gasteiger partial charge on any atom is -0.480 e. The molecule has 2 bridgehead atoms. The van der Waals surface area contributed by atoms with Crippen molar-refractivity contribution in [1.82, 2.24) is 20.3 Å². The molecule has 3 fully saturated rings. The van der Waals surface area contributed by atoms with Gasteiger partial charge in [-0.1, -0.05) is 38.1 Å². The summed E-state index contributed by atoms with van der Waals surface area (Å²) in [5.41, 5.74) is 11.2. The van der Waals surface area contributed by atoms with Crippen LogP contribution in [0.3, 0.4) is 0 Å². The maximum atomic E-state index is 13.5. The van der Waals surface area contributed by atoms with Gasteiger partial charge in [-0.2, -0.15) is 4.31 Å². The van der Waals surface area contributed by atoms with Gasteiger partial charge in [0.25, 0.3) is 5.91 Å². The number of amides is 3. The molecule has 44 heavy (non-hydrogen) atoms. The largest absolute Gasteiger partial charge is 0.480 e. The molecule has 0 spiro atoms. The number of rotatable bonds is 11. The second kappa shape index (κ2) is 15.3. The summed E-state index contributed by atoms with van der Waals surface area (Å²) >= 11 is 0. The van der Waals surface area contributed by atoms with Gasteiger partial charge in [0, 0.05) is 18.2 Å². The maximum Gasteiger partial charge on any atom is 0.328 e. The smallest absolute Gasteiger partial charge is 0.328 e. The predicted molar refractivity (Wildman–Crippen MR) is 163 cm³/mol. The van der Waals surface area contributed by atoms with E-state index in [1.54, 1.807) is 30.3 Å². The second-order valence-electron chi connectivity index (χ2n) is 10.1. The number of carboxylic acid groups (broad SMARTS) is 1. The molecule has 2 unspecified atom stereocenters. The highest BCUT2D eigenvalue weighted by molar-refractivity contribution is 7.89. The van der Waals surface area contributed by atoms with Crippen LogP contribution in [0.4, 0.5) is 5.69 Å². The number of carbonyl (C=O) groups is 4. The Morgan fingerprint density at radius 2 is 1.64 bits per heavy atom. The van der Waals surface area contributed by atoms with Gasteiger partial charge in [0.2, 0.25) is 21.8 Å². The van der Waals surface area contributed by atoms with Gasteiger partial charge >= 0.3 is 5.97 Å². The quantitative estimate of drug-likeness (QED) is 0.151. The minimum atomic E-state index is -4.02. The van der Waals surface area contributed by atoms with Crippen molar-refractivity contribution in [2.24, 2.45) is 22.4 Å². The van der Waals surface area contributed by atoms with E-state index in [4.69, 9.17) is 11.5 Å². The molecule has 14 nitrogen and oxygen atoms in total. The van der Waals surface area contributed by atoms with Crippen molar-refractivity contribution in [3.63, 3.8) is 0 Å². The number of nitrogens with zero attached hydrogens (tertiary/aromatic N) is 2. The van der Waals surface area contributed by atoms with Crippen molar-refractivity contribution in [3.05, 3.63) is 60.2 Å². The van der Waals surface area contributed by atoms with Gasteiger partial charge < -0.3 is 32.5 Å². The van der Waals surface area contributed by atoms with Crippen LogP contribution in [0.5, 0.6) is 0 Å². The van der Waals surface area contributed by atoms with E-state index in [-0.39, 0.29) is 28.4 Å². The number of nitrogens with one attached hydrogen (secondary N) is 3. The lowest BCUT2D eigenvalue weighted by Gasteiger charge is -2.49. The van der Waals surface area contributed by atoms with Gasteiger partial charge in [-0.3, -0.25) is 14.4 Å². The predicted octanol–water partition coefficient (Wildman–Crippen LogP) is 0.665. The van der Waals surface area contributed by atoms with Crippen LogP contribution in [0.25, 0.3) is 0 Å². The molecule has 0 aromatic heterocycles. The van der Waals surface area contributed by atoms with Gasteiger partial charge in [0.15, 0.2) is 5.96 Å². The van der Waals surface area contributed by atoms with Crippen LogP contribution in [-0.4, -0.2) is 78.7 Å². The Balaban J connectivity index is 0.00000259. The normalized spacial score (nSPS) is 19.8. The molecule has 3 amide bonds. The van der Waals surface area contributed by atoms with Crippen molar-refractivity contribution >= 4 is 45.4 Å². The zero-order chi connectivity index (χ0) is 32.4. The molecule has 238 valence electrons. The number of guanidine groups is 1. The van der Waals surface area contributed by atoms with Crippen LogP contribution < -0.4 is 27.4 Å². The maximum absolute atomic E-state index is 13.5. The topological polar surface area (TPSA) is 226 Å². The molecule has 5 rings (SSSR count). The van der Waals surface area contributed by atoms with Gasteiger partial charge in [0.1, 0.15) is 12.1 Å². The van der Waals surface area contributed by atoms with E-state index < -0.39 is 58.9 Å². The summed E-state index contributed by atoms with van der Waals surface area (Å²) in [6.45, 7) is 3.04. The number of hydrogen-bond donors (Lipinski definition) is 6. The molecule has 3 aliphatic rings. The van der Waals surface area contributed by atoms with E-state index in [9.17, 15) is 32.7 Å². The molecule has 2 aromatic rings. The van der Waals surface area contributed by atoms with E-state index in [1.807, 2.05) is 13.8 Å². The first kappa shape index (κ1) is 34.0. The first-order valence-electron chi connectivity index (χ1n) is 14.3. The van der Waals surface area contributed by atoms with Crippen molar-refractivity contribution in [3.8, 4) is 0 Å². The number of sulfonamides is 1. The number of fused-ring (bicyclic) bond motifs is 3. The molecule has 1 saturated carbocycles. The third-order valence-electron chi connectivity index (χ3n) is 7.30. The summed E-state index contributed by atoms with van der Waals surface area (Å²) in [6, 6.07) is 10.9. The van der Waals surface area contributed by atoms with Crippen molar-refractivity contribution in [2.45, 2.75) is 62.6 Å². The number of benzene rings is 2. The Morgan fingerprint density at radius 3 is 2.25 bits per heavy atom. The Hall–Kier alpha value is -4.50. The molecule has 2 heterocycles. The van der Waals surface area contributed by atoms with E-state index in [2.05, 4.69) is 20.9 Å². The van der Waals surface area contributed by atoms with Crippen LogP contribution in [0.2, 0.25) is 0 Å². The number of aliphatic carboxylic acids is 1. The monoisotopic (exact) mass is 629 g/mol. The molecular formula is C29H39N7O7S. The number of hydrogen-bond acceptors (Lipinski definition) is 7. The van der Waals surface area contributed by atoms with Crippen LogP contribution >= 0.6 is 0 Å². The molecule has 0 radical (unpaired) electrons. The lowest BCUT2D eigenvalue weighted by Crippen LogP contribution is -2.64. The van der Waals surface area contributed by atoms with E-state index >= 15 is 0 Å². The van der Waals surface area contributed by atoms with Gasteiger partial charge in [-0.05, 0) is 61.9 Å². The summed E-state index contributed by atoms with van der Waals surface area (Å²) in [5, 5.41) is 16.9. The van der Waals surface area contributed by atoms with E-state index in [0.29, 0.717) is 31.4 Å². The van der Waals surface area contributed by atoms with Crippen molar-refractivity contribution < 1.29 is 32.7 Å². The molecule has 8 N–H and O–H groups in total. The highest BCUT2D eigenvalue weighted by atomic mass is 32.2. The Morgan fingerprint density at radius 1 is 0.977 bits per heavy atom.